The van der Waals surface area contributed by atoms with E-state index in [0.29, 0.717) is 12.1 Å². The van der Waals surface area contributed by atoms with E-state index in [4.69, 9.17) is 0 Å². The predicted octanol–water partition coefficient (Wildman–Crippen LogP) is 4.37. The Morgan fingerprint density at radius 2 is 1.85 bits per heavy atom. The smallest absolute Gasteiger partial charge is 0.387 e. The number of benzene rings is 2. The number of aromatic hydroxyl groups is 1. The van der Waals surface area contributed by atoms with E-state index in [-0.39, 0.29) is 11.5 Å². The van der Waals surface area contributed by atoms with Crippen LogP contribution in [0.2, 0.25) is 0 Å². The molecule has 0 aliphatic rings. The number of hydrogen-bond acceptors (Lipinski definition) is 3. The number of alkyl halides is 2. The van der Waals surface area contributed by atoms with Crippen molar-refractivity contribution < 1.29 is 18.6 Å². The molecule has 2 N–H and O–H groups in total. The van der Waals surface area contributed by atoms with Crippen molar-refractivity contribution in [1.29, 1.82) is 0 Å². The van der Waals surface area contributed by atoms with Crippen molar-refractivity contribution in [2.24, 2.45) is 0 Å². The maximum Gasteiger partial charge on any atom is 0.387 e. The normalized spacial score (nSPS) is 10.6. The van der Waals surface area contributed by atoms with Crippen molar-refractivity contribution in [2.45, 2.75) is 13.2 Å². The molecule has 20 heavy (non-hydrogen) atoms. The van der Waals surface area contributed by atoms with Crippen LogP contribution in [0.25, 0.3) is 0 Å². The summed E-state index contributed by atoms with van der Waals surface area (Å²) < 4.78 is 29.9. The van der Waals surface area contributed by atoms with Gasteiger partial charge < -0.3 is 15.2 Å². The average molecular weight is 344 g/mol. The first-order valence-electron chi connectivity index (χ1n) is 5.81. The topological polar surface area (TPSA) is 41.5 Å². The Kier molecular flexibility index (Phi) is 4.79. The van der Waals surface area contributed by atoms with Crippen LogP contribution in [0.1, 0.15) is 5.56 Å². The van der Waals surface area contributed by atoms with Crippen LogP contribution in [-0.4, -0.2) is 11.7 Å². The molecule has 0 saturated heterocycles. The van der Waals surface area contributed by atoms with Gasteiger partial charge in [0.15, 0.2) is 0 Å². The van der Waals surface area contributed by atoms with Gasteiger partial charge in [-0.2, -0.15) is 8.78 Å². The van der Waals surface area contributed by atoms with Crippen LogP contribution in [0.3, 0.4) is 0 Å². The van der Waals surface area contributed by atoms with Gasteiger partial charge in [-0.1, -0.05) is 15.9 Å². The Labute approximate surface area is 123 Å². The van der Waals surface area contributed by atoms with Gasteiger partial charge in [0.1, 0.15) is 11.5 Å². The molecule has 0 unspecified atom stereocenters. The van der Waals surface area contributed by atoms with Gasteiger partial charge in [-0.25, -0.2) is 0 Å². The van der Waals surface area contributed by atoms with Crippen LogP contribution in [-0.2, 0) is 6.54 Å². The quantitative estimate of drug-likeness (QED) is 0.792. The van der Waals surface area contributed by atoms with Gasteiger partial charge in [0, 0.05) is 22.3 Å². The molecule has 0 saturated carbocycles. The van der Waals surface area contributed by atoms with E-state index in [1.807, 2.05) is 0 Å². The average Bonchev–Trinajstić information content (AvgIpc) is 2.40. The van der Waals surface area contributed by atoms with Gasteiger partial charge >= 0.3 is 6.61 Å². The van der Waals surface area contributed by atoms with Gasteiger partial charge in [-0.3, -0.25) is 0 Å². The molecule has 2 aromatic rings. The molecule has 0 aliphatic carbocycles. The summed E-state index contributed by atoms with van der Waals surface area (Å²) in [4.78, 5) is 0. The molecule has 2 rings (SSSR count). The lowest BCUT2D eigenvalue weighted by atomic mass is 10.2. The molecular formula is C14H12BrF2NO2. The summed E-state index contributed by atoms with van der Waals surface area (Å²) in [7, 11) is 0. The van der Waals surface area contributed by atoms with Crippen LogP contribution < -0.4 is 10.1 Å². The number of halogens is 3. The number of phenolic OH excluding ortho intramolecular Hbond substituents is 1. The molecule has 6 heteroatoms. The molecule has 0 spiro atoms. The van der Waals surface area contributed by atoms with Crippen LogP contribution in [0, 0.1) is 0 Å². The van der Waals surface area contributed by atoms with Crippen molar-refractivity contribution in [2.75, 3.05) is 5.32 Å². The number of nitrogens with one attached hydrogen (secondary N) is 1. The summed E-state index contributed by atoms with van der Waals surface area (Å²) >= 11 is 3.29. The number of anilines is 1. The standard InChI is InChI=1S/C14H12BrF2NO2/c15-10-1-6-13(20-14(16)17)9(7-10)8-18-11-2-4-12(19)5-3-11/h1-7,14,18-19H,8H2. The Morgan fingerprint density at radius 3 is 2.50 bits per heavy atom. The monoisotopic (exact) mass is 343 g/mol. The number of phenols is 1. The lowest BCUT2D eigenvalue weighted by molar-refractivity contribution is -0.0504. The van der Waals surface area contributed by atoms with E-state index in [1.165, 1.54) is 6.07 Å². The largest absolute Gasteiger partial charge is 0.508 e. The first-order valence-corrected chi connectivity index (χ1v) is 6.60. The number of ether oxygens (including phenoxy) is 1. The number of rotatable bonds is 5. The van der Waals surface area contributed by atoms with E-state index < -0.39 is 6.61 Å². The SMILES string of the molecule is Oc1ccc(NCc2cc(Br)ccc2OC(F)F)cc1. The lowest BCUT2D eigenvalue weighted by Crippen LogP contribution is -2.07. The van der Waals surface area contributed by atoms with Crippen molar-refractivity contribution in [3.63, 3.8) is 0 Å². The van der Waals surface area contributed by atoms with Gasteiger partial charge in [0.2, 0.25) is 0 Å². The highest BCUT2D eigenvalue weighted by Gasteiger charge is 2.10. The van der Waals surface area contributed by atoms with Gasteiger partial charge in [-0.15, -0.1) is 0 Å². The second kappa shape index (κ2) is 6.56. The molecule has 0 atom stereocenters. The fraction of sp³-hybridized carbons (Fsp3) is 0.143. The lowest BCUT2D eigenvalue weighted by Gasteiger charge is -2.12. The third kappa shape index (κ3) is 4.09. The molecule has 0 fully saturated rings. The zero-order valence-corrected chi connectivity index (χ0v) is 11.9. The molecule has 3 nitrogen and oxygen atoms in total. The zero-order chi connectivity index (χ0) is 14.5. The fourth-order valence-electron chi connectivity index (χ4n) is 1.67. The van der Waals surface area contributed by atoms with Crippen LogP contribution in [0.4, 0.5) is 14.5 Å². The summed E-state index contributed by atoms with van der Waals surface area (Å²) in [6.07, 6.45) is 0. The summed E-state index contributed by atoms with van der Waals surface area (Å²) in [5.74, 6) is 0.300. The van der Waals surface area contributed by atoms with Crippen molar-refractivity contribution in [3.8, 4) is 11.5 Å². The highest BCUT2D eigenvalue weighted by atomic mass is 79.9. The van der Waals surface area contributed by atoms with Gasteiger partial charge in [-0.05, 0) is 42.5 Å². The van der Waals surface area contributed by atoms with E-state index in [9.17, 15) is 13.9 Å². The van der Waals surface area contributed by atoms with E-state index in [2.05, 4.69) is 26.0 Å². The molecule has 0 heterocycles. The third-order valence-electron chi connectivity index (χ3n) is 2.59. The highest BCUT2D eigenvalue weighted by molar-refractivity contribution is 9.10. The Bertz CT molecular complexity index is 576. The van der Waals surface area contributed by atoms with Crippen molar-refractivity contribution in [1.82, 2.24) is 0 Å². The Hall–Kier alpha value is -1.82. The molecule has 106 valence electrons. The Morgan fingerprint density at radius 1 is 1.15 bits per heavy atom. The molecule has 2 aromatic carbocycles. The summed E-state index contributed by atoms with van der Waals surface area (Å²) in [6, 6.07) is 11.3. The summed E-state index contributed by atoms with van der Waals surface area (Å²) in [5, 5.41) is 12.3. The zero-order valence-electron chi connectivity index (χ0n) is 10.3. The Balaban J connectivity index is 2.11. The molecule has 0 amide bonds. The van der Waals surface area contributed by atoms with Crippen LogP contribution in [0.5, 0.6) is 11.5 Å². The van der Waals surface area contributed by atoms with E-state index in [1.54, 1.807) is 36.4 Å². The minimum atomic E-state index is -2.86. The molecule has 0 aliphatic heterocycles. The minimum absolute atomic E-state index is 0.134. The van der Waals surface area contributed by atoms with E-state index >= 15 is 0 Å². The predicted molar refractivity (Wildman–Crippen MR) is 76.2 cm³/mol. The molecule has 0 radical (unpaired) electrons. The van der Waals surface area contributed by atoms with Crippen LogP contribution in [0.15, 0.2) is 46.9 Å². The first-order chi connectivity index (χ1) is 9.54. The molecular weight excluding hydrogens is 332 g/mol. The van der Waals surface area contributed by atoms with Gasteiger partial charge in [0.05, 0.1) is 0 Å². The van der Waals surface area contributed by atoms with Gasteiger partial charge in [0.25, 0.3) is 0 Å². The summed E-state index contributed by atoms with van der Waals surface area (Å²) in [5.41, 5.74) is 1.37. The fourth-order valence-corrected chi connectivity index (χ4v) is 2.08. The molecule has 0 bridgehead atoms. The molecule has 0 aromatic heterocycles. The van der Waals surface area contributed by atoms with Crippen molar-refractivity contribution in [3.05, 3.63) is 52.5 Å². The maximum atomic E-state index is 12.3. The minimum Gasteiger partial charge on any atom is -0.508 e. The van der Waals surface area contributed by atoms with E-state index in [0.717, 1.165) is 10.2 Å². The second-order valence-electron chi connectivity index (χ2n) is 4.03. The second-order valence-corrected chi connectivity index (χ2v) is 4.95. The maximum absolute atomic E-state index is 12.3. The van der Waals surface area contributed by atoms with Crippen molar-refractivity contribution >= 4 is 21.6 Å². The number of hydrogen-bond donors (Lipinski definition) is 2. The third-order valence-corrected chi connectivity index (χ3v) is 3.08. The van der Waals surface area contributed by atoms with Crippen LogP contribution >= 0.6 is 15.9 Å². The highest BCUT2D eigenvalue weighted by Crippen LogP contribution is 2.26. The summed E-state index contributed by atoms with van der Waals surface area (Å²) in [6.45, 7) is -2.53. The first kappa shape index (κ1) is 14.6.